The van der Waals surface area contributed by atoms with Crippen molar-refractivity contribution < 1.29 is 0 Å². The fourth-order valence-corrected chi connectivity index (χ4v) is 2.12. The minimum Gasteiger partial charge on any atom is -0.329 e. The fraction of sp³-hybridized carbons (Fsp3) is 0.333. The van der Waals surface area contributed by atoms with Crippen LogP contribution < -0.4 is 5.73 Å². The maximum atomic E-state index is 5.59. The molecule has 2 N–H and O–H groups in total. The van der Waals surface area contributed by atoms with Gasteiger partial charge in [-0.1, -0.05) is 36.4 Å². The van der Waals surface area contributed by atoms with Crippen LogP contribution in [0.3, 0.4) is 0 Å². The summed E-state index contributed by atoms with van der Waals surface area (Å²) in [6.07, 6.45) is 0. The monoisotopic (exact) mass is 228 g/mol. The molecule has 1 unspecified atom stereocenters. The number of hydrogen-bond acceptors (Lipinski definition) is 2. The summed E-state index contributed by atoms with van der Waals surface area (Å²) in [5.41, 5.74) is 6.94. The quantitative estimate of drug-likeness (QED) is 0.872. The molecule has 0 bridgehead atoms. The van der Waals surface area contributed by atoms with Crippen molar-refractivity contribution in [1.82, 2.24) is 4.90 Å². The van der Waals surface area contributed by atoms with E-state index in [1.165, 1.54) is 16.3 Å². The van der Waals surface area contributed by atoms with Crippen LogP contribution in [-0.2, 0) is 0 Å². The van der Waals surface area contributed by atoms with Crippen LogP contribution in [0.15, 0.2) is 42.5 Å². The highest BCUT2D eigenvalue weighted by Gasteiger charge is 2.10. The van der Waals surface area contributed by atoms with Crippen LogP contribution in [0.1, 0.15) is 18.5 Å². The smallest absolute Gasteiger partial charge is 0.0317 e. The number of rotatable bonds is 4. The Labute approximate surface area is 103 Å². The minimum atomic E-state index is 0.406. The Morgan fingerprint density at radius 1 is 1.12 bits per heavy atom. The Morgan fingerprint density at radius 3 is 2.53 bits per heavy atom. The van der Waals surface area contributed by atoms with Gasteiger partial charge in [0.05, 0.1) is 0 Å². The molecule has 0 aromatic heterocycles. The molecule has 2 aromatic rings. The first-order chi connectivity index (χ1) is 8.22. The number of likely N-dealkylation sites (N-methyl/N-ethyl adjacent to an activating group) is 1. The van der Waals surface area contributed by atoms with Crippen molar-refractivity contribution in [3.8, 4) is 0 Å². The lowest BCUT2D eigenvalue weighted by Gasteiger charge is -2.24. The van der Waals surface area contributed by atoms with E-state index in [2.05, 4.69) is 61.3 Å². The van der Waals surface area contributed by atoms with E-state index >= 15 is 0 Å². The molecule has 0 heterocycles. The van der Waals surface area contributed by atoms with Gasteiger partial charge in [0.25, 0.3) is 0 Å². The summed E-state index contributed by atoms with van der Waals surface area (Å²) in [6.45, 7) is 3.85. The molecular formula is C15H20N2. The first kappa shape index (κ1) is 12.1. The Morgan fingerprint density at radius 2 is 1.82 bits per heavy atom. The van der Waals surface area contributed by atoms with E-state index in [-0.39, 0.29) is 0 Å². The van der Waals surface area contributed by atoms with Crippen LogP contribution in [-0.4, -0.2) is 25.0 Å². The van der Waals surface area contributed by atoms with Crippen LogP contribution in [0.25, 0.3) is 10.8 Å². The summed E-state index contributed by atoms with van der Waals surface area (Å²) in [5.74, 6) is 0. The van der Waals surface area contributed by atoms with E-state index in [9.17, 15) is 0 Å². The van der Waals surface area contributed by atoms with Crippen LogP contribution in [0.4, 0.5) is 0 Å². The molecule has 2 rings (SSSR count). The Hall–Kier alpha value is -1.38. The second-order valence-corrected chi connectivity index (χ2v) is 4.55. The number of fused-ring (bicyclic) bond motifs is 1. The summed E-state index contributed by atoms with van der Waals surface area (Å²) < 4.78 is 0. The van der Waals surface area contributed by atoms with Gasteiger partial charge in [0.15, 0.2) is 0 Å². The standard InChI is InChI=1S/C15H20N2/c1-12(17(2)10-9-16)14-8-7-13-5-3-4-6-15(13)11-14/h3-8,11-12H,9-10,16H2,1-2H3. The average molecular weight is 228 g/mol. The Balaban J connectivity index is 2.29. The van der Waals surface area contributed by atoms with Crippen molar-refractivity contribution >= 4 is 10.8 Å². The van der Waals surface area contributed by atoms with E-state index in [0.29, 0.717) is 12.6 Å². The van der Waals surface area contributed by atoms with Gasteiger partial charge >= 0.3 is 0 Å². The zero-order valence-corrected chi connectivity index (χ0v) is 10.6. The number of nitrogens with two attached hydrogens (primary N) is 1. The van der Waals surface area contributed by atoms with Gasteiger partial charge in [-0.2, -0.15) is 0 Å². The van der Waals surface area contributed by atoms with E-state index in [4.69, 9.17) is 5.73 Å². The third-order valence-corrected chi connectivity index (χ3v) is 3.40. The van der Waals surface area contributed by atoms with Crippen molar-refractivity contribution in [2.24, 2.45) is 5.73 Å². The van der Waals surface area contributed by atoms with E-state index in [1.54, 1.807) is 0 Å². The van der Waals surface area contributed by atoms with Gasteiger partial charge in [-0.3, -0.25) is 4.90 Å². The number of hydrogen-bond donors (Lipinski definition) is 1. The van der Waals surface area contributed by atoms with E-state index in [0.717, 1.165) is 6.54 Å². The van der Waals surface area contributed by atoms with Gasteiger partial charge in [-0.25, -0.2) is 0 Å². The average Bonchev–Trinajstić information content (AvgIpc) is 2.37. The molecule has 2 heteroatoms. The molecule has 0 amide bonds. The molecular weight excluding hydrogens is 208 g/mol. The summed E-state index contributed by atoms with van der Waals surface area (Å²) in [4.78, 5) is 2.28. The van der Waals surface area contributed by atoms with Gasteiger partial charge in [-0.15, -0.1) is 0 Å². The normalized spacial score (nSPS) is 13.2. The van der Waals surface area contributed by atoms with Crippen LogP contribution in [0.5, 0.6) is 0 Å². The summed E-state index contributed by atoms with van der Waals surface area (Å²) in [7, 11) is 2.12. The lowest BCUT2D eigenvalue weighted by atomic mass is 10.0. The van der Waals surface area contributed by atoms with Gasteiger partial charge in [-0.05, 0) is 36.4 Å². The molecule has 0 aliphatic carbocycles. The van der Waals surface area contributed by atoms with Crippen molar-refractivity contribution in [2.75, 3.05) is 20.1 Å². The maximum Gasteiger partial charge on any atom is 0.0317 e. The molecule has 0 saturated carbocycles. The minimum absolute atomic E-state index is 0.406. The van der Waals surface area contributed by atoms with Crippen molar-refractivity contribution in [1.29, 1.82) is 0 Å². The van der Waals surface area contributed by atoms with E-state index in [1.807, 2.05) is 0 Å². The lowest BCUT2D eigenvalue weighted by molar-refractivity contribution is 0.269. The molecule has 0 saturated heterocycles. The topological polar surface area (TPSA) is 29.3 Å². The first-order valence-electron chi connectivity index (χ1n) is 6.11. The Bertz CT molecular complexity index is 493. The number of benzene rings is 2. The highest BCUT2D eigenvalue weighted by molar-refractivity contribution is 5.83. The van der Waals surface area contributed by atoms with Crippen molar-refractivity contribution in [3.63, 3.8) is 0 Å². The fourth-order valence-electron chi connectivity index (χ4n) is 2.12. The maximum absolute atomic E-state index is 5.59. The molecule has 0 aliphatic heterocycles. The Kier molecular flexibility index (Phi) is 3.77. The predicted molar refractivity (Wildman–Crippen MR) is 74.0 cm³/mol. The molecule has 0 radical (unpaired) electrons. The van der Waals surface area contributed by atoms with Gasteiger partial charge in [0, 0.05) is 19.1 Å². The zero-order valence-electron chi connectivity index (χ0n) is 10.6. The van der Waals surface area contributed by atoms with Crippen LogP contribution >= 0.6 is 0 Å². The molecule has 2 aromatic carbocycles. The van der Waals surface area contributed by atoms with Gasteiger partial charge in [0.2, 0.25) is 0 Å². The summed E-state index contributed by atoms with van der Waals surface area (Å²) in [6, 6.07) is 15.5. The van der Waals surface area contributed by atoms with Crippen LogP contribution in [0.2, 0.25) is 0 Å². The first-order valence-corrected chi connectivity index (χ1v) is 6.11. The van der Waals surface area contributed by atoms with Gasteiger partial charge < -0.3 is 5.73 Å². The van der Waals surface area contributed by atoms with Gasteiger partial charge in [0.1, 0.15) is 0 Å². The number of nitrogens with zero attached hydrogens (tertiary/aromatic N) is 1. The zero-order chi connectivity index (χ0) is 12.3. The third-order valence-electron chi connectivity index (χ3n) is 3.40. The highest BCUT2D eigenvalue weighted by Crippen LogP contribution is 2.23. The summed E-state index contributed by atoms with van der Waals surface area (Å²) in [5, 5.41) is 2.60. The van der Waals surface area contributed by atoms with Crippen LogP contribution in [0, 0.1) is 0 Å². The SMILES string of the molecule is CC(c1ccc2ccccc2c1)N(C)CCN. The molecule has 17 heavy (non-hydrogen) atoms. The molecule has 2 nitrogen and oxygen atoms in total. The van der Waals surface area contributed by atoms with Crippen molar-refractivity contribution in [2.45, 2.75) is 13.0 Å². The lowest BCUT2D eigenvalue weighted by Crippen LogP contribution is -2.28. The summed E-state index contributed by atoms with van der Waals surface area (Å²) >= 11 is 0. The molecule has 0 fully saturated rings. The van der Waals surface area contributed by atoms with Crippen molar-refractivity contribution in [3.05, 3.63) is 48.0 Å². The van der Waals surface area contributed by atoms with E-state index < -0.39 is 0 Å². The third kappa shape index (κ3) is 2.65. The predicted octanol–water partition coefficient (Wildman–Crippen LogP) is 2.79. The second-order valence-electron chi connectivity index (χ2n) is 4.55. The second kappa shape index (κ2) is 5.30. The highest BCUT2D eigenvalue weighted by atomic mass is 15.1. The molecule has 90 valence electrons. The molecule has 0 aliphatic rings. The molecule has 1 atom stereocenters. The molecule has 0 spiro atoms. The largest absolute Gasteiger partial charge is 0.329 e.